The molecule has 0 spiro atoms. The third kappa shape index (κ3) is 4.43. The molecule has 0 unspecified atom stereocenters. The molecule has 0 amide bonds. The van der Waals surface area contributed by atoms with Crippen molar-refractivity contribution in [1.82, 2.24) is 14.3 Å². The summed E-state index contributed by atoms with van der Waals surface area (Å²) in [5, 5.41) is 4.55. The number of ether oxygens (including phenoxy) is 1. The predicted octanol–water partition coefficient (Wildman–Crippen LogP) is 4.54. The van der Waals surface area contributed by atoms with Crippen molar-refractivity contribution in [2.45, 2.75) is 61.1 Å². The standard InChI is InChI=1S/C20H28ClN3O3/c1-11(2)9-23-19(21)18(14(6)22-23)20(26)27-10-17(25)16-8-13(5)24(12(3)4)15(16)7/h8,11-12H,9-10H2,1-7H3. The number of halogens is 1. The molecule has 27 heavy (non-hydrogen) atoms. The number of carbonyl (C=O) groups is 2. The van der Waals surface area contributed by atoms with Crippen molar-refractivity contribution in [2.75, 3.05) is 6.61 Å². The number of hydrogen-bond acceptors (Lipinski definition) is 4. The topological polar surface area (TPSA) is 66.1 Å². The van der Waals surface area contributed by atoms with Gasteiger partial charge in [-0.3, -0.25) is 9.48 Å². The summed E-state index contributed by atoms with van der Waals surface area (Å²) in [6.07, 6.45) is 0. The van der Waals surface area contributed by atoms with Crippen molar-refractivity contribution in [3.05, 3.63) is 39.4 Å². The van der Waals surface area contributed by atoms with Crippen LogP contribution in [0.5, 0.6) is 0 Å². The normalized spacial score (nSPS) is 11.5. The van der Waals surface area contributed by atoms with Crippen LogP contribution in [0.1, 0.15) is 71.5 Å². The summed E-state index contributed by atoms with van der Waals surface area (Å²) >= 11 is 6.30. The number of nitrogens with zero attached hydrogens (tertiary/aromatic N) is 3. The molecule has 0 atom stereocenters. The fourth-order valence-corrected chi connectivity index (χ4v) is 3.71. The molecule has 0 radical (unpaired) electrons. The number of hydrogen-bond donors (Lipinski definition) is 0. The second kappa shape index (κ2) is 8.30. The summed E-state index contributed by atoms with van der Waals surface area (Å²) < 4.78 is 8.94. The van der Waals surface area contributed by atoms with Crippen molar-refractivity contribution in [2.24, 2.45) is 5.92 Å². The molecule has 0 fully saturated rings. The average molecular weight is 394 g/mol. The molecule has 148 valence electrons. The Morgan fingerprint density at radius 3 is 2.33 bits per heavy atom. The van der Waals surface area contributed by atoms with Crippen LogP contribution in [0, 0.1) is 26.7 Å². The maximum Gasteiger partial charge on any atom is 0.343 e. The van der Waals surface area contributed by atoms with Gasteiger partial charge >= 0.3 is 5.97 Å². The first-order valence-corrected chi connectivity index (χ1v) is 9.54. The zero-order valence-electron chi connectivity index (χ0n) is 17.1. The van der Waals surface area contributed by atoms with Gasteiger partial charge in [-0.25, -0.2) is 4.79 Å². The van der Waals surface area contributed by atoms with E-state index < -0.39 is 5.97 Å². The smallest absolute Gasteiger partial charge is 0.343 e. The van der Waals surface area contributed by atoms with Gasteiger partial charge in [-0.05, 0) is 46.6 Å². The average Bonchev–Trinajstić information content (AvgIpc) is 3.00. The highest BCUT2D eigenvalue weighted by Gasteiger charge is 2.24. The molecule has 0 saturated carbocycles. The van der Waals surface area contributed by atoms with Gasteiger partial charge < -0.3 is 9.30 Å². The van der Waals surface area contributed by atoms with Gasteiger partial charge in [-0.1, -0.05) is 25.4 Å². The first-order chi connectivity index (χ1) is 12.5. The molecule has 7 heteroatoms. The first kappa shape index (κ1) is 21.2. The van der Waals surface area contributed by atoms with Crippen LogP contribution >= 0.6 is 11.6 Å². The number of aryl methyl sites for hydroxylation is 2. The van der Waals surface area contributed by atoms with Crippen LogP contribution in [0.4, 0.5) is 0 Å². The molecular weight excluding hydrogens is 366 g/mol. The molecule has 0 saturated heterocycles. The highest BCUT2D eigenvalue weighted by molar-refractivity contribution is 6.32. The number of ketones is 1. The Labute approximate surface area is 165 Å². The third-order valence-corrected chi connectivity index (χ3v) is 4.83. The SMILES string of the molecule is Cc1nn(CC(C)C)c(Cl)c1C(=O)OCC(=O)c1cc(C)n(C(C)C)c1C. The van der Waals surface area contributed by atoms with Gasteiger partial charge in [0.1, 0.15) is 10.7 Å². The summed E-state index contributed by atoms with van der Waals surface area (Å²) in [4.78, 5) is 25.0. The van der Waals surface area contributed by atoms with Crippen molar-refractivity contribution < 1.29 is 14.3 Å². The Balaban J connectivity index is 2.14. The van der Waals surface area contributed by atoms with E-state index >= 15 is 0 Å². The van der Waals surface area contributed by atoms with Gasteiger partial charge in [0, 0.05) is 29.5 Å². The van der Waals surface area contributed by atoms with Crippen LogP contribution in [0.25, 0.3) is 0 Å². The largest absolute Gasteiger partial charge is 0.454 e. The number of aromatic nitrogens is 3. The van der Waals surface area contributed by atoms with Gasteiger partial charge in [-0.15, -0.1) is 0 Å². The zero-order chi connectivity index (χ0) is 20.5. The fraction of sp³-hybridized carbons (Fsp3) is 0.550. The summed E-state index contributed by atoms with van der Waals surface area (Å²) in [6, 6.07) is 2.09. The summed E-state index contributed by atoms with van der Waals surface area (Å²) in [5.74, 6) is -0.520. The second-order valence-corrected chi connectivity index (χ2v) is 7.93. The van der Waals surface area contributed by atoms with Crippen LogP contribution in [0.2, 0.25) is 5.15 Å². The van der Waals surface area contributed by atoms with Gasteiger partial charge in [0.15, 0.2) is 6.61 Å². The Kier molecular flexibility index (Phi) is 6.52. The molecular formula is C20H28ClN3O3. The number of esters is 1. The van der Waals surface area contributed by atoms with Crippen molar-refractivity contribution >= 4 is 23.4 Å². The minimum absolute atomic E-state index is 0.220. The molecule has 2 heterocycles. The van der Waals surface area contributed by atoms with Gasteiger partial charge in [0.2, 0.25) is 5.78 Å². The van der Waals surface area contributed by atoms with E-state index in [4.69, 9.17) is 16.3 Å². The number of rotatable bonds is 7. The maximum absolute atomic E-state index is 12.6. The van der Waals surface area contributed by atoms with Crippen LogP contribution < -0.4 is 0 Å². The lowest BCUT2D eigenvalue weighted by Gasteiger charge is -2.13. The third-order valence-electron chi connectivity index (χ3n) is 4.44. The van der Waals surface area contributed by atoms with E-state index in [0.29, 0.717) is 23.7 Å². The molecule has 2 rings (SSSR count). The lowest BCUT2D eigenvalue weighted by molar-refractivity contribution is 0.0474. The van der Waals surface area contributed by atoms with Gasteiger partial charge in [0.25, 0.3) is 0 Å². The molecule has 0 bridgehead atoms. The molecule has 0 aliphatic carbocycles. The van der Waals surface area contributed by atoms with Crippen LogP contribution in [0.15, 0.2) is 6.07 Å². The minimum atomic E-state index is -0.626. The van der Waals surface area contributed by atoms with Crippen molar-refractivity contribution in [1.29, 1.82) is 0 Å². The number of carbonyl (C=O) groups excluding carboxylic acids is 2. The minimum Gasteiger partial charge on any atom is -0.454 e. The summed E-state index contributed by atoms with van der Waals surface area (Å²) in [5.41, 5.74) is 3.18. The molecule has 0 aromatic carbocycles. The second-order valence-electron chi connectivity index (χ2n) is 7.58. The van der Waals surface area contributed by atoms with Gasteiger partial charge in [0.05, 0.1) is 5.69 Å². The van der Waals surface area contributed by atoms with E-state index in [1.807, 2.05) is 33.8 Å². The van der Waals surface area contributed by atoms with Crippen LogP contribution in [-0.4, -0.2) is 32.7 Å². The van der Waals surface area contributed by atoms with Crippen molar-refractivity contribution in [3.8, 4) is 0 Å². The fourth-order valence-electron chi connectivity index (χ4n) is 3.39. The Morgan fingerprint density at radius 1 is 1.19 bits per heavy atom. The molecule has 2 aromatic rings. The molecule has 0 N–H and O–H groups in total. The Bertz CT molecular complexity index is 862. The van der Waals surface area contributed by atoms with Crippen LogP contribution in [-0.2, 0) is 11.3 Å². The zero-order valence-corrected chi connectivity index (χ0v) is 17.8. The van der Waals surface area contributed by atoms with E-state index in [9.17, 15) is 9.59 Å². The van der Waals surface area contributed by atoms with E-state index in [-0.39, 0.29) is 29.1 Å². The summed E-state index contributed by atoms with van der Waals surface area (Å²) in [6.45, 7) is 14.1. The van der Waals surface area contributed by atoms with Gasteiger partial charge in [-0.2, -0.15) is 5.10 Å². The summed E-state index contributed by atoms with van der Waals surface area (Å²) in [7, 11) is 0. The Hall–Kier alpha value is -2.08. The Morgan fingerprint density at radius 2 is 1.81 bits per heavy atom. The van der Waals surface area contributed by atoms with E-state index in [0.717, 1.165) is 11.4 Å². The van der Waals surface area contributed by atoms with Crippen LogP contribution in [0.3, 0.4) is 0 Å². The lowest BCUT2D eigenvalue weighted by atomic mass is 10.1. The van der Waals surface area contributed by atoms with E-state index in [1.165, 1.54) is 0 Å². The predicted molar refractivity (Wildman–Crippen MR) is 106 cm³/mol. The molecule has 6 nitrogen and oxygen atoms in total. The lowest BCUT2D eigenvalue weighted by Crippen LogP contribution is -2.16. The highest BCUT2D eigenvalue weighted by atomic mass is 35.5. The first-order valence-electron chi connectivity index (χ1n) is 9.16. The van der Waals surface area contributed by atoms with E-state index in [2.05, 4.69) is 23.5 Å². The van der Waals surface area contributed by atoms with Crippen molar-refractivity contribution in [3.63, 3.8) is 0 Å². The number of Topliss-reactive ketones (excluding diaryl/α,β-unsaturated/α-hetero) is 1. The molecule has 0 aliphatic rings. The molecule has 2 aromatic heterocycles. The van der Waals surface area contributed by atoms with E-state index in [1.54, 1.807) is 11.6 Å². The molecule has 0 aliphatic heterocycles. The quantitative estimate of drug-likeness (QED) is 0.511. The maximum atomic E-state index is 12.6. The monoisotopic (exact) mass is 393 g/mol. The highest BCUT2D eigenvalue weighted by Crippen LogP contribution is 2.23.